The molecule has 1 fully saturated rings. The zero-order chi connectivity index (χ0) is 30.0. The van der Waals surface area contributed by atoms with Crippen LogP contribution in [0.3, 0.4) is 0 Å². The van der Waals surface area contributed by atoms with Crippen molar-refractivity contribution in [1.82, 2.24) is 10.2 Å². The molecule has 0 amide bonds. The van der Waals surface area contributed by atoms with Gasteiger partial charge in [0.05, 0.1) is 19.0 Å². The predicted molar refractivity (Wildman–Crippen MR) is 183 cm³/mol. The molecule has 0 bridgehead atoms. The Hall–Kier alpha value is -2.35. The van der Waals surface area contributed by atoms with Crippen molar-refractivity contribution in [3.05, 3.63) is 65.8 Å². The lowest BCUT2D eigenvalue weighted by atomic mass is 9.92. The summed E-state index contributed by atoms with van der Waals surface area (Å²) < 4.78 is 0.109. The van der Waals surface area contributed by atoms with E-state index in [-0.39, 0.29) is 10.9 Å². The Bertz CT molecular complexity index is 1130. The van der Waals surface area contributed by atoms with Crippen molar-refractivity contribution >= 4 is 29.6 Å². The highest BCUT2D eigenvalue weighted by molar-refractivity contribution is 8.01. The van der Waals surface area contributed by atoms with E-state index in [0.717, 1.165) is 70.5 Å². The molecule has 1 aromatic rings. The molecule has 1 aromatic carbocycles. The van der Waals surface area contributed by atoms with E-state index in [9.17, 15) is 5.11 Å². The van der Waals surface area contributed by atoms with Gasteiger partial charge in [-0.3, -0.25) is 14.9 Å². The topological polar surface area (TPSA) is 63.5 Å². The highest BCUT2D eigenvalue weighted by Gasteiger charge is 2.30. The van der Waals surface area contributed by atoms with Gasteiger partial charge < -0.3 is 15.3 Å². The molecule has 230 valence electrons. The quantitative estimate of drug-likeness (QED) is 0.170. The molecule has 1 saturated heterocycles. The van der Waals surface area contributed by atoms with Crippen molar-refractivity contribution in [3.63, 3.8) is 0 Å². The lowest BCUT2D eigenvalue weighted by molar-refractivity contribution is 0.145. The van der Waals surface area contributed by atoms with Crippen molar-refractivity contribution < 1.29 is 5.11 Å². The average molecular weight is 592 g/mol. The van der Waals surface area contributed by atoms with Crippen LogP contribution in [0.4, 0.5) is 5.69 Å². The molecule has 2 aliphatic heterocycles. The monoisotopic (exact) mass is 591 g/mol. The number of piperidine rings is 1. The molecule has 0 aromatic heterocycles. The molecule has 7 heteroatoms. The maximum atomic E-state index is 9.81. The van der Waals surface area contributed by atoms with E-state index in [1.54, 1.807) is 0 Å². The Kier molecular flexibility index (Phi) is 12.3. The van der Waals surface area contributed by atoms with Gasteiger partial charge in [-0.25, -0.2) is 0 Å². The second-order valence-electron chi connectivity index (χ2n) is 12.6. The Labute approximate surface area is 259 Å². The molecular formula is C35H53N5OS. The molecule has 42 heavy (non-hydrogen) atoms. The second kappa shape index (κ2) is 15.9. The predicted octanol–water partition coefficient (Wildman–Crippen LogP) is 6.28. The van der Waals surface area contributed by atoms with Crippen LogP contribution in [0.25, 0.3) is 0 Å². The van der Waals surface area contributed by atoms with E-state index in [0.29, 0.717) is 23.8 Å². The number of nitrogens with zero attached hydrogens (tertiary/aromatic N) is 4. The minimum atomic E-state index is -0.140. The van der Waals surface area contributed by atoms with Crippen LogP contribution in [0.2, 0.25) is 0 Å². The fraction of sp³-hybridized carbons (Fsp3) is 0.600. The number of hydrogen-bond acceptors (Lipinski definition) is 6. The molecule has 4 rings (SSSR count). The van der Waals surface area contributed by atoms with Crippen LogP contribution in [0.5, 0.6) is 0 Å². The van der Waals surface area contributed by atoms with Gasteiger partial charge in [-0.05, 0) is 81.5 Å². The summed E-state index contributed by atoms with van der Waals surface area (Å²) in [5.74, 6) is 1.45. The van der Waals surface area contributed by atoms with Crippen LogP contribution in [-0.4, -0.2) is 84.1 Å². The number of benzene rings is 1. The first-order chi connectivity index (χ1) is 20.2. The summed E-state index contributed by atoms with van der Waals surface area (Å²) >= 11 is 2.03. The highest BCUT2D eigenvalue weighted by atomic mass is 32.2. The third-order valence-electron chi connectivity index (χ3n) is 8.93. The maximum Gasteiger partial charge on any atom is 0.101 e. The smallest absolute Gasteiger partial charge is 0.101 e. The van der Waals surface area contributed by atoms with Crippen LogP contribution in [0.1, 0.15) is 65.4 Å². The fourth-order valence-electron chi connectivity index (χ4n) is 6.05. The number of amidine groups is 1. The lowest BCUT2D eigenvalue weighted by Gasteiger charge is -2.33. The first-order valence-electron chi connectivity index (χ1n) is 15.9. The van der Waals surface area contributed by atoms with E-state index in [1.807, 2.05) is 18.1 Å². The standard InChI is InChI=1S/C35H53N5OS/c1-27(2)42-35(4)20-7-6-12-31(35)25-36-26-38-34(37-24-30-11-9-21-39(5)28(30)3)13-8-10-29-14-16-32(17-15-29)40-22-18-33(41)19-23-40/h6-7,9,11-12,14-17,26-28,30,33,41H,8,10,13,18-25H2,1-5H3,(H,36,37,38)/t28?,30?,35-/m0/s1. The summed E-state index contributed by atoms with van der Waals surface area (Å²) in [6, 6.07) is 9.48. The van der Waals surface area contributed by atoms with Crippen molar-refractivity contribution in [3.8, 4) is 0 Å². The Morgan fingerprint density at radius 2 is 1.95 bits per heavy atom. The van der Waals surface area contributed by atoms with E-state index in [4.69, 9.17) is 9.98 Å². The number of hydrogen-bond donors (Lipinski definition) is 2. The van der Waals surface area contributed by atoms with E-state index in [2.05, 4.69) is 105 Å². The number of aliphatic hydroxyl groups excluding tert-OH is 1. The fourth-order valence-corrected chi connectivity index (χ4v) is 7.57. The average Bonchev–Trinajstić information content (AvgIpc) is 2.97. The summed E-state index contributed by atoms with van der Waals surface area (Å²) in [4.78, 5) is 14.7. The van der Waals surface area contributed by atoms with Crippen LogP contribution in [-0.2, 0) is 6.42 Å². The summed E-state index contributed by atoms with van der Waals surface area (Å²) in [6.45, 7) is 13.6. The first-order valence-corrected chi connectivity index (χ1v) is 16.8. The van der Waals surface area contributed by atoms with Crippen LogP contribution < -0.4 is 10.2 Å². The number of thioether (sulfide) groups is 1. The number of rotatable bonds is 12. The molecule has 2 unspecified atom stereocenters. The van der Waals surface area contributed by atoms with Gasteiger partial charge in [-0.15, -0.1) is 11.8 Å². The summed E-state index contributed by atoms with van der Waals surface area (Å²) in [5, 5.41) is 13.9. The van der Waals surface area contributed by atoms with E-state index in [1.165, 1.54) is 16.8 Å². The summed E-state index contributed by atoms with van der Waals surface area (Å²) in [7, 11) is 2.19. The maximum absolute atomic E-state index is 9.81. The number of aliphatic imine (C=N–C) groups is 2. The van der Waals surface area contributed by atoms with E-state index >= 15 is 0 Å². The number of anilines is 1. The highest BCUT2D eigenvalue weighted by Crippen LogP contribution is 2.41. The number of aliphatic hydroxyl groups is 1. The molecule has 6 nitrogen and oxygen atoms in total. The van der Waals surface area contributed by atoms with Gasteiger partial charge in [0.2, 0.25) is 0 Å². The Morgan fingerprint density at radius 1 is 1.19 bits per heavy atom. The Balaban J connectivity index is 1.34. The molecular weight excluding hydrogens is 538 g/mol. The zero-order valence-electron chi connectivity index (χ0n) is 26.5. The summed E-state index contributed by atoms with van der Waals surface area (Å²) in [5.41, 5.74) is 4.00. The number of aryl methyl sites for hydroxylation is 1. The minimum Gasteiger partial charge on any atom is -0.393 e. The van der Waals surface area contributed by atoms with Gasteiger partial charge >= 0.3 is 0 Å². The Morgan fingerprint density at radius 3 is 2.69 bits per heavy atom. The molecule has 0 radical (unpaired) electrons. The minimum absolute atomic E-state index is 0.109. The van der Waals surface area contributed by atoms with Crippen molar-refractivity contribution in [2.24, 2.45) is 15.9 Å². The SMILES string of the molecule is CC(C)S[C@@]1(C)CC=CC=C1CN=CNC(CCCc1ccc(N2CCC(O)CC2)cc1)=NCC1C=CCN(C)C1C. The van der Waals surface area contributed by atoms with Gasteiger partial charge in [0.1, 0.15) is 5.84 Å². The van der Waals surface area contributed by atoms with Crippen molar-refractivity contribution in [2.45, 2.75) is 88.4 Å². The van der Waals surface area contributed by atoms with Gasteiger partial charge in [0.25, 0.3) is 0 Å². The van der Waals surface area contributed by atoms with Crippen LogP contribution >= 0.6 is 11.8 Å². The number of allylic oxidation sites excluding steroid dienone is 3. The molecule has 3 atom stereocenters. The molecule has 3 aliphatic rings. The largest absolute Gasteiger partial charge is 0.393 e. The van der Waals surface area contributed by atoms with Crippen molar-refractivity contribution in [2.75, 3.05) is 44.7 Å². The van der Waals surface area contributed by atoms with Gasteiger partial charge in [0.15, 0.2) is 0 Å². The van der Waals surface area contributed by atoms with Gasteiger partial charge in [0, 0.05) is 55.0 Å². The lowest BCUT2D eigenvalue weighted by Crippen LogP contribution is -2.39. The summed E-state index contributed by atoms with van der Waals surface area (Å²) in [6.07, 6.45) is 18.7. The molecule has 0 saturated carbocycles. The molecule has 2 heterocycles. The zero-order valence-corrected chi connectivity index (χ0v) is 27.3. The first kappa shape index (κ1) is 32.6. The molecule has 2 N–H and O–H groups in total. The van der Waals surface area contributed by atoms with Crippen LogP contribution in [0.15, 0.2) is 70.2 Å². The van der Waals surface area contributed by atoms with Crippen LogP contribution in [0, 0.1) is 5.92 Å². The third-order valence-corrected chi connectivity index (χ3v) is 10.4. The van der Waals surface area contributed by atoms with Gasteiger partial charge in [-0.1, -0.05) is 56.4 Å². The van der Waals surface area contributed by atoms with E-state index < -0.39 is 0 Å². The third kappa shape index (κ3) is 9.58. The van der Waals surface area contributed by atoms with Crippen molar-refractivity contribution in [1.29, 1.82) is 0 Å². The molecule has 1 aliphatic carbocycles. The normalized spacial score (nSPS) is 25.9. The van der Waals surface area contributed by atoms with Gasteiger partial charge in [-0.2, -0.15) is 0 Å². The number of nitrogens with one attached hydrogen (secondary N) is 1. The second-order valence-corrected chi connectivity index (χ2v) is 14.7. The molecule has 0 spiro atoms. The number of likely N-dealkylation sites (N-methyl/N-ethyl adjacent to an activating group) is 1.